The maximum absolute atomic E-state index is 13.5. The molecule has 37 heavy (non-hydrogen) atoms. The summed E-state index contributed by atoms with van der Waals surface area (Å²) in [7, 11) is 3.53. The van der Waals surface area contributed by atoms with Crippen LogP contribution in [0, 0.1) is 12.8 Å². The summed E-state index contributed by atoms with van der Waals surface area (Å²) in [4.78, 5) is 33.7. The van der Waals surface area contributed by atoms with Crippen molar-refractivity contribution in [3.05, 3.63) is 63.5 Å². The Hall–Kier alpha value is -2.64. The van der Waals surface area contributed by atoms with E-state index in [1.54, 1.807) is 18.9 Å². The first-order chi connectivity index (χ1) is 17.9. The summed E-state index contributed by atoms with van der Waals surface area (Å²) in [5, 5.41) is 1.04. The molecule has 0 radical (unpaired) electrons. The third-order valence-electron chi connectivity index (χ3n) is 7.94. The number of likely N-dealkylation sites (N-methyl/N-ethyl adjacent to an activating group) is 1. The monoisotopic (exact) mass is 539 g/mol. The van der Waals surface area contributed by atoms with Gasteiger partial charge in [-0.05, 0) is 56.0 Å². The Balaban J connectivity index is 1.22. The van der Waals surface area contributed by atoms with E-state index in [-0.39, 0.29) is 23.8 Å². The molecule has 6 nitrogen and oxygen atoms in total. The van der Waals surface area contributed by atoms with Gasteiger partial charge in [-0.3, -0.25) is 9.59 Å². The smallest absolute Gasteiger partial charge is 0.260 e. The van der Waals surface area contributed by atoms with Crippen LogP contribution in [0.2, 0.25) is 5.02 Å². The zero-order chi connectivity index (χ0) is 26.1. The molecule has 196 valence electrons. The van der Waals surface area contributed by atoms with Gasteiger partial charge in [-0.2, -0.15) is 0 Å². The SMILES string of the molecule is COc1ccccc1/C=C1\SC2CCC(C(=O)N3CCN(c4cc(Cl)ccc4C)CC3)CC2N(C)C1=O. The minimum atomic E-state index is -0.0312. The minimum absolute atomic E-state index is 0.0239. The second-order valence-corrected chi connectivity index (χ2v) is 11.9. The van der Waals surface area contributed by atoms with E-state index >= 15 is 0 Å². The number of nitrogens with zero attached hydrogens (tertiary/aromatic N) is 3. The van der Waals surface area contributed by atoms with Crippen molar-refractivity contribution in [2.24, 2.45) is 5.92 Å². The fourth-order valence-corrected chi connectivity index (χ4v) is 7.44. The van der Waals surface area contributed by atoms with Crippen molar-refractivity contribution in [2.45, 2.75) is 37.5 Å². The van der Waals surface area contributed by atoms with Crippen LogP contribution in [0.25, 0.3) is 6.08 Å². The molecule has 2 aliphatic heterocycles. The van der Waals surface area contributed by atoms with Crippen molar-refractivity contribution in [2.75, 3.05) is 45.2 Å². The van der Waals surface area contributed by atoms with Gasteiger partial charge in [-0.25, -0.2) is 0 Å². The maximum Gasteiger partial charge on any atom is 0.260 e. The van der Waals surface area contributed by atoms with Crippen LogP contribution < -0.4 is 9.64 Å². The number of aryl methyl sites for hydroxylation is 1. The first-order valence-corrected chi connectivity index (χ1v) is 14.2. The number of rotatable bonds is 4. The average molecular weight is 540 g/mol. The van der Waals surface area contributed by atoms with Crippen molar-refractivity contribution in [3.8, 4) is 5.75 Å². The number of ether oxygens (including phenoxy) is 1. The third-order valence-corrected chi connectivity index (χ3v) is 9.57. The molecule has 2 aromatic carbocycles. The Morgan fingerprint density at radius 3 is 2.62 bits per heavy atom. The van der Waals surface area contributed by atoms with E-state index in [0.717, 1.165) is 59.3 Å². The lowest BCUT2D eigenvalue weighted by molar-refractivity contribution is -0.139. The zero-order valence-electron chi connectivity index (χ0n) is 21.7. The number of hydrogen-bond donors (Lipinski definition) is 0. The van der Waals surface area contributed by atoms with E-state index in [2.05, 4.69) is 11.8 Å². The maximum atomic E-state index is 13.5. The van der Waals surface area contributed by atoms with Gasteiger partial charge in [-0.1, -0.05) is 35.9 Å². The molecule has 3 atom stereocenters. The lowest BCUT2D eigenvalue weighted by Crippen LogP contribution is -2.55. The molecular formula is C29H34ClN3O3S. The normalized spacial score (nSPS) is 25.3. The molecule has 8 heteroatoms. The van der Waals surface area contributed by atoms with Gasteiger partial charge in [0.1, 0.15) is 5.75 Å². The van der Waals surface area contributed by atoms with Crippen molar-refractivity contribution in [1.82, 2.24) is 9.80 Å². The molecule has 0 bridgehead atoms. The Labute approximate surface area is 228 Å². The summed E-state index contributed by atoms with van der Waals surface area (Å²) in [5.74, 6) is 0.988. The predicted molar refractivity (Wildman–Crippen MR) is 151 cm³/mol. The van der Waals surface area contributed by atoms with Crippen LogP contribution in [0.1, 0.15) is 30.4 Å². The molecule has 2 saturated heterocycles. The molecule has 0 spiro atoms. The molecule has 3 fully saturated rings. The van der Waals surface area contributed by atoms with Crippen LogP contribution in [0.15, 0.2) is 47.4 Å². The number of piperazine rings is 1. The highest BCUT2D eigenvalue weighted by molar-refractivity contribution is 8.04. The van der Waals surface area contributed by atoms with Gasteiger partial charge in [0.05, 0.1) is 12.0 Å². The highest BCUT2D eigenvalue weighted by atomic mass is 35.5. The first kappa shape index (κ1) is 26.0. The van der Waals surface area contributed by atoms with Gasteiger partial charge in [0.15, 0.2) is 0 Å². The lowest BCUT2D eigenvalue weighted by atomic mass is 9.83. The van der Waals surface area contributed by atoms with Crippen LogP contribution in [0.4, 0.5) is 5.69 Å². The van der Waals surface area contributed by atoms with Gasteiger partial charge in [-0.15, -0.1) is 11.8 Å². The van der Waals surface area contributed by atoms with E-state index in [4.69, 9.17) is 16.3 Å². The van der Waals surface area contributed by atoms with Gasteiger partial charge in [0.2, 0.25) is 5.91 Å². The Bertz CT molecular complexity index is 1210. The molecule has 2 heterocycles. The van der Waals surface area contributed by atoms with Crippen molar-refractivity contribution in [1.29, 1.82) is 0 Å². The van der Waals surface area contributed by atoms with Crippen molar-refractivity contribution >= 4 is 46.9 Å². The molecular weight excluding hydrogens is 506 g/mol. The number of carbonyl (C=O) groups is 2. The largest absolute Gasteiger partial charge is 0.496 e. The second-order valence-electron chi connectivity index (χ2n) is 10.1. The lowest BCUT2D eigenvalue weighted by Gasteiger charge is -2.45. The number of fused-ring (bicyclic) bond motifs is 1. The van der Waals surface area contributed by atoms with Gasteiger partial charge in [0, 0.05) is 66.7 Å². The van der Waals surface area contributed by atoms with Crippen LogP contribution in [0.3, 0.4) is 0 Å². The fourth-order valence-electron chi connectivity index (χ4n) is 5.80. The summed E-state index contributed by atoms with van der Waals surface area (Å²) in [6, 6.07) is 13.8. The molecule has 5 rings (SSSR count). The number of hydrogen-bond acceptors (Lipinski definition) is 5. The summed E-state index contributed by atoms with van der Waals surface area (Å²) in [6.07, 6.45) is 4.46. The van der Waals surface area contributed by atoms with Gasteiger partial charge in [0.25, 0.3) is 5.91 Å². The standard InChI is InChI=1S/C29H34ClN3O3S/c1-19-8-10-22(30)18-23(19)32-12-14-33(15-13-32)28(34)21-9-11-26-24(16-21)31(2)29(35)27(37-26)17-20-6-4-5-7-25(20)36-3/h4-8,10,17-18,21,24,26H,9,11-16H2,1-3H3/b27-17-. The topological polar surface area (TPSA) is 53.1 Å². The molecule has 2 aromatic rings. The van der Waals surface area contributed by atoms with Gasteiger partial charge >= 0.3 is 0 Å². The number of methoxy groups -OCH3 is 1. The Morgan fingerprint density at radius 1 is 1.11 bits per heavy atom. The Morgan fingerprint density at radius 2 is 1.86 bits per heavy atom. The summed E-state index contributed by atoms with van der Waals surface area (Å²) in [5.41, 5.74) is 3.25. The molecule has 0 aromatic heterocycles. The van der Waals surface area contributed by atoms with Crippen molar-refractivity contribution in [3.63, 3.8) is 0 Å². The number of anilines is 1. The highest BCUT2D eigenvalue weighted by Gasteiger charge is 2.43. The van der Waals surface area contributed by atoms with E-state index in [0.29, 0.717) is 18.3 Å². The molecule has 0 N–H and O–H groups in total. The number of carbonyl (C=O) groups excluding carboxylic acids is 2. The zero-order valence-corrected chi connectivity index (χ0v) is 23.2. The number of benzene rings is 2. The molecule has 2 amide bonds. The van der Waals surface area contributed by atoms with E-state index in [9.17, 15) is 9.59 Å². The van der Waals surface area contributed by atoms with E-state index in [1.807, 2.05) is 65.4 Å². The predicted octanol–water partition coefficient (Wildman–Crippen LogP) is 5.09. The quantitative estimate of drug-likeness (QED) is 0.507. The molecule has 3 unspecified atom stereocenters. The highest BCUT2D eigenvalue weighted by Crippen LogP contribution is 2.44. The first-order valence-electron chi connectivity index (χ1n) is 12.9. The summed E-state index contributed by atoms with van der Waals surface area (Å²) >= 11 is 7.89. The number of thioether (sulfide) groups is 1. The molecule has 3 aliphatic rings. The fraction of sp³-hybridized carbons (Fsp3) is 0.448. The van der Waals surface area contributed by atoms with Crippen LogP contribution in [0.5, 0.6) is 5.75 Å². The minimum Gasteiger partial charge on any atom is -0.496 e. The van der Waals surface area contributed by atoms with E-state index in [1.165, 1.54) is 5.56 Å². The number of halogens is 1. The summed E-state index contributed by atoms with van der Waals surface area (Å²) < 4.78 is 5.47. The van der Waals surface area contributed by atoms with Crippen LogP contribution >= 0.6 is 23.4 Å². The van der Waals surface area contributed by atoms with E-state index < -0.39 is 0 Å². The molecule has 1 saturated carbocycles. The molecule has 1 aliphatic carbocycles. The summed E-state index contributed by atoms with van der Waals surface area (Å²) in [6.45, 7) is 5.13. The van der Waals surface area contributed by atoms with Crippen LogP contribution in [-0.2, 0) is 9.59 Å². The average Bonchev–Trinajstić information content (AvgIpc) is 2.92. The number of para-hydroxylation sites is 1. The third kappa shape index (κ3) is 5.34. The van der Waals surface area contributed by atoms with Crippen LogP contribution in [-0.4, -0.2) is 73.2 Å². The Kier molecular flexibility index (Phi) is 7.72. The van der Waals surface area contributed by atoms with Gasteiger partial charge < -0.3 is 19.4 Å². The van der Waals surface area contributed by atoms with Crippen molar-refractivity contribution < 1.29 is 14.3 Å². The second kappa shape index (κ2) is 11.0. The number of amides is 2.